The van der Waals surface area contributed by atoms with Crippen LogP contribution in [0, 0.1) is 0 Å². The largest absolute Gasteiger partial charge is 0.495 e. The molecule has 1 heterocycles. The Balaban J connectivity index is 1.92. The van der Waals surface area contributed by atoms with Gasteiger partial charge in [0, 0.05) is 23.7 Å². The Hall–Kier alpha value is -1.92. The Bertz CT molecular complexity index is 797. The Morgan fingerprint density at radius 1 is 1.12 bits per heavy atom. The van der Waals surface area contributed by atoms with E-state index in [1.165, 1.54) is 0 Å². The molecule has 138 valence electrons. The van der Waals surface area contributed by atoms with Gasteiger partial charge in [0.1, 0.15) is 16.0 Å². The zero-order chi connectivity index (χ0) is 18.7. The van der Waals surface area contributed by atoms with Crippen molar-refractivity contribution in [1.29, 1.82) is 0 Å². The van der Waals surface area contributed by atoms with Crippen molar-refractivity contribution in [3.8, 4) is 11.5 Å². The van der Waals surface area contributed by atoms with Crippen molar-refractivity contribution in [3.05, 3.63) is 45.4 Å². The van der Waals surface area contributed by atoms with E-state index in [2.05, 4.69) is 26.1 Å². The number of amides is 1. The average molecular weight is 440 g/mol. The van der Waals surface area contributed by atoms with Crippen molar-refractivity contribution >= 4 is 44.8 Å². The van der Waals surface area contributed by atoms with E-state index in [9.17, 15) is 4.79 Å². The fourth-order valence-corrected chi connectivity index (χ4v) is 3.76. The molecule has 0 spiro atoms. The molecule has 1 N–H and O–H groups in total. The summed E-state index contributed by atoms with van der Waals surface area (Å²) in [7, 11) is 3.09. The topological polar surface area (TPSA) is 50.8 Å². The number of anilines is 2. The second-order valence-electron chi connectivity index (χ2n) is 6.00. The molecule has 26 heavy (non-hydrogen) atoms. The molecule has 0 radical (unpaired) electrons. The van der Waals surface area contributed by atoms with Crippen molar-refractivity contribution in [2.45, 2.75) is 12.8 Å². The maximum atomic E-state index is 12.8. The van der Waals surface area contributed by atoms with Crippen LogP contribution in [0.4, 0.5) is 11.4 Å². The minimum absolute atomic E-state index is 0.253. The number of benzene rings is 2. The maximum absolute atomic E-state index is 12.8. The lowest BCUT2D eigenvalue weighted by Gasteiger charge is -2.22. The minimum Gasteiger partial charge on any atom is -0.495 e. The van der Waals surface area contributed by atoms with Gasteiger partial charge in [-0.15, -0.1) is 0 Å². The van der Waals surface area contributed by atoms with Crippen molar-refractivity contribution in [2.24, 2.45) is 0 Å². The van der Waals surface area contributed by atoms with Crippen LogP contribution in [0.3, 0.4) is 0 Å². The smallest absolute Gasteiger partial charge is 0.255 e. The molecule has 5 nitrogen and oxygen atoms in total. The molecule has 3 rings (SSSR count). The monoisotopic (exact) mass is 438 g/mol. The Morgan fingerprint density at radius 2 is 1.73 bits per heavy atom. The molecule has 0 atom stereocenters. The van der Waals surface area contributed by atoms with Crippen molar-refractivity contribution < 1.29 is 14.3 Å². The summed E-state index contributed by atoms with van der Waals surface area (Å²) in [5.74, 6) is 0.803. The van der Waals surface area contributed by atoms with Crippen LogP contribution in [0.5, 0.6) is 11.5 Å². The molecule has 1 saturated heterocycles. The van der Waals surface area contributed by atoms with Crippen LogP contribution < -0.4 is 19.7 Å². The van der Waals surface area contributed by atoms with Crippen LogP contribution in [0.1, 0.15) is 23.2 Å². The molecule has 1 fully saturated rings. The van der Waals surface area contributed by atoms with Gasteiger partial charge in [-0.2, -0.15) is 0 Å². The highest BCUT2D eigenvalue weighted by Gasteiger charge is 2.19. The lowest BCUT2D eigenvalue weighted by molar-refractivity contribution is 0.102. The van der Waals surface area contributed by atoms with Gasteiger partial charge in [-0.1, -0.05) is 11.6 Å². The van der Waals surface area contributed by atoms with E-state index < -0.39 is 0 Å². The van der Waals surface area contributed by atoms with Gasteiger partial charge in [-0.25, -0.2) is 0 Å². The highest BCUT2D eigenvalue weighted by molar-refractivity contribution is 9.10. The molecular weight excluding hydrogens is 420 g/mol. The van der Waals surface area contributed by atoms with Gasteiger partial charge in [-0.05, 0) is 59.1 Å². The van der Waals surface area contributed by atoms with Crippen molar-refractivity contribution in [1.82, 2.24) is 0 Å². The number of hydrogen-bond acceptors (Lipinski definition) is 4. The first-order chi connectivity index (χ1) is 12.5. The molecule has 1 aliphatic rings. The second-order valence-corrected chi connectivity index (χ2v) is 7.23. The zero-order valence-electron chi connectivity index (χ0n) is 14.6. The molecule has 0 unspecified atom stereocenters. The third kappa shape index (κ3) is 3.91. The van der Waals surface area contributed by atoms with Gasteiger partial charge in [0.2, 0.25) is 0 Å². The van der Waals surface area contributed by atoms with E-state index in [1.807, 2.05) is 12.1 Å². The van der Waals surface area contributed by atoms with E-state index in [1.54, 1.807) is 32.4 Å². The average Bonchev–Trinajstić information content (AvgIpc) is 3.16. The summed E-state index contributed by atoms with van der Waals surface area (Å²) in [6, 6.07) is 8.91. The number of ether oxygens (including phenoxy) is 2. The lowest BCUT2D eigenvalue weighted by atomic mass is 10.1. The third-order valence-electron chi connectivity index (χ3n) is 4.36. The summed E-state index contributed by atoms with van der Waals surface area (Å²) in [5.41, 5.74) is 2.12. The zero-order valence-corrected chi connectivity index (χ0v) is 17.0. The molecule has 0 aliphatic carbocycles. The summed E-state index contributed by atoms with van der Waals surface area (Å²) in [4.78, 5) is 15.1. The van der Waals surface area contributed by atoms with E-state index >= 15 is 0 Å². The summed E-state index contributed by atoms with van der Waals surface area (Å²) >= 11 is 9.56. The summed E-state index contributed by atoms with van der Waals surface area (Å²) in [5, 5.41) is 3.55. The van der Waals surface area contributed by atoms with Crippen LogP contribution >= 0.6 is 27.5 Å². The number of nitrogens with zero attached hydrogens (tertiary/aromatic N) is 1. The van der Waals surface area contributed by atoms with E-state index in [0.717, 1.165) is 31.6 Å². The van der Waals surface area contributed by atoms with Gasteiger partial charge < -0.3 is 19.7 Å². The number of rotatable bonds is 5. The molecular formula is C19H20BrClN2O3. The number of carbonyl (C=O) groups excluding carboxylic acids is 1. The Labute approximate surface area is 166 Å². The maximum Gasteiger partial charge on any atom is 0.255 e. The van der Waals surface area contributed by atoms with Crippen LogP contribution in [0.15, 0.2) is 34.8 Å². The van der Waals surface area contributed by atoms with Crippen LogP contribution in [-0.4, -0.2) is 33.2 Å². The first kappa shape index (κ1) is 18.9. The molecule has 1 aliphatic heterocycles. The summed E-state index contributed by atoms with van der Waals surface area (Å²) < 4.78 is 11.3. The Kier molecular flexibility index (Phi) is 5.94. The molecule has 1 amide bonds. The molecule has 2 aromatic rings. The molecule has 0 aromatic heterocycles. The SMILES string of the molecule is COc1cc(C(=O)Nc2cc(Cl)ccc2N2CCCC2)cc(OC)c1Br. The van der Waals surface area contributed by atoms with Gasteiger partial charge in [0.05, 0.1) is 25.6 Å². The van der Waals surface area contributed by atoms with Gasteiger partial charge >= 0.3 is 0 Å². The summed E-state index contributed by atoms with van der Waals surface area (Å²) in [6.07, 6.45) is 2.30. The third-order valence-corrected chi connectivity index (χ3v) is 5.38. The van der Waals surface area contributed by atoms with Gasteiger partial charge in [-0.3, -0.25) is 4.79 Å². The number of hydrogen-bond donors (Lipinski definition) is 1. The molecule has 2 aromatic carbocycles. The Morgan fingerprint density at radius 3 is 2.31 bits per heavy atom. The van der Waals surface area contributed by atoms with Crippen LogP contribution in [0.25, 0.3) is 0 Å². The van der Waals surface area contributed by atoms with Crippen LogP contribution in [0.2, 0.25) is 5.02 Å². The van der Waals surface area contributed by atoms with Gasteiger partial charge in [0.15, 0.2) is 0 Å². The van der Waals surface area contributed by atoms with E-state index in [-0.39, 0.29) is 5.91 Å². The first-order valence-corrected chi connectivity index (χ1v) is 9.48. The van der Waals surface area contributed by atoms with Gasteiger partial charge in [0.25, 0.3) is 5.91 Å². The summed E-state index contributed by atoms with van der Waals surface area (Å²) in [6.45, 7) is 1.95. The number of nitrogens with one attached hydrogen (secondary N) is 1. The normalized spacial score (nSPS) is 13.6. The minimum atomic E-state index is -0.253. The second kappa shape index (κ2) is 8.18. The molecule has 0 saturated carbocycles. The predicted molar refractivity (Wildman–Crippen MR) is 108 cm³/mol. The number of halogens is 2. The first-order valence-electron chi connectivity index (χ1n) is 8.31. The number of carbonyl (C=O) groups is 1. The fourth-order valence-electron chi connectivity index (χ4n) is 3.04. The standard InChI is InChI=1S/C19H20BrClN2O3/c1-25-16-9-12(10-17(26-2)18(16)20)19(24)22-14-11-13(21)5-6-15(14)23-7-3-4-8-23/h5-6,9-11H,3-4,7-8H2,1-2H3,(H,22,24). The van der Waals surface area contributed by atoms with Crippen molar-refractivity contribution in [3.63, 3.8) is 0 Å². The van der Waals surface area contributed by atoms with E-state index in [4.69, 9.17) is 21.1 Å². The quantitative estimate of drug-likeness (QED) is 0.714. The fraction of sp³-hybridized carbons (Fsp3) is 0.316. The highest BCUT2D eigenvalue weighted by atomic mass is 79.9. The van der Waals surface area contributed by atoms with Crippen LogP contribution in [-0.2, 0) is 0 Å². The van der Waals surface area contributed by atoms with E-state index in [0.29, 0.717) is 32.2 Å². The van der Waals surface area contributed by atoms with Crippen molar-refractivity contribution in [2.75, 3.05) is 37.5 Å². The molecule has 7 heteroatoms. The molecule has 0 bridgehead atoms. The highest BCUT2D eigenvalue weighted by Crippen LogP contribution is 2.36. The lowest BCUT2D eigenvalue weighted by Crippen LogP contribution is -2.21. The predicted octanol–water partition coefficient (Wildman–Crippen LogP) is 4.97. The number of methoxy groups -OCH3 is 2.